The first-order chi connectivity index (χ1) is 12.8. The van der Waals surface area contributed by atoms with Gasteiger partial charge in [0.1, 0.15) is 11.9 Å². The quantitative estimate of drug-likeness (QED) is 0.755. The van der Waals surface area contributed by atoms with Gasteiger partial charge in [-0.05, 0) is 31.9 Å². The summed E-state index contributed by atoms with van der Waals surface area (Å²) < 4.78 is 28.0. The fraction of sp³-hybridized carbons (Fsp3) is 0.316. The molecule has 2 aromatic rings. The number of nitriles is 2. The van der Waals surface area contributed by atoms with Gasteiger partial charge in [-0.15, -0.1) is 0 Å². The molecule has 0 unspecified atom stereocenters. The fourth-order valence-corrected chi connectivity index (χ4v) is 3.65. The van der Waals surface area contributed by atoms with E-state index in [9.17, 15) is 13.7 Å². The topological polar surface area (TPSA) is 133 Å². The van der Waals surface area contributed by atoms with E-state index in [4.69, 9.17) is 11.0 Å². The van der Waals surface area contributed by atoms with Crippen LogP contribution in [0.4, 0.5) is 11.5 Å². The first kappa shape index (κ1) is 20.2. The lowest BCUT2D eigenvalue weighted by molar-refractivity contribution is 0.601. The number of rotatable bonds is 7. The Morgan fingerprint density at radius 2 is 1.89 bits per heavy atom. The van der Waals surface area contributed by atoms with Crippen LogP contribution in [-0.2, 0) is 22.9 Å². The van der Waals surface area contributed by atoms with Crippen molar-refractivity contribution in [1.29, 1.82) is 10.5 Å². The van der Waals surface area contributed by atoms with E-state index < -0.39 is 10.0 Å². The summed E-state index contributed by atoms with van der Waals surface area (Å²) in [5.74, 6) is 0.0748. The Bertz CT molecular complexity index is 1020. The molecule has 0 spiro atoms. The normalized spacial score (nSPS) is 10.8. The minimum absolute atomic E-state index is 0.0748. The van der Waals surface area contributed by atoms with Gasteiger partial charge in [-0.25, -0.2) is 13.4 Å². The average molecular weight is 383 g/mol. The summed E-state index contributed by atoms with van der Waals surface area (Å²) in [6.45, 7) is 3.86. The number of aromatic nitrogens is 1. The molecule has 1 heterocycles. The average Bonchev–Trinajstić information content (AvgIpc) is 2.62. The largest absolute Gasteiger partial charge is 0.397 e. The van der Waals surface area contributed by atoms with Gasteiger partial charge in [0.2, 0.25) is 0 Å². The van der Waals surface area contributed by atoms with Gasteiger partial charge < -0.3 is 5.73 Å². The number of sulfonamides is 1. The third-order valence-corrected chi connectivity index (χ3v) is 5.47. The lowest BCUT2D eigenvalue weighted by Crippen LogP contribution is -2.18. The zero-order valence-electron chi connectivity index (χ0n) is 15.3. The monoisotopic (exact) mass is 383 g/mol. The van der Waals surface area contributed by atoms with E-state index in [2.05, 4.69) is 9.71 Å². The van der Waals surface area contributed by atoms with Crippen LogP contribution >= 0.6 is 0 Å². The maximum atomic E-state index is 12.8. The maximum absolute atomic E-state index is 12.8. The first-order valence-corrected chi connectivity index (χ1v) is 10.00. The van der Waals surface area contributed by atoms with E-state index in [1.54, 1.807) is 12.1 Å². The van der Waals surface area contributed by atoms with Crippen molar-refractivity contribution in [2.75, 3.05) is 10.5 Å². The molecular formula is C19H21N5O2S. The number of nitrogens with two attached hydrogens (primary N) is 1. The van der Waals surface area contributed by atoms with Crippen molar-refractivity contribution in [2.45, 2.75) is 44.4 Å². The van der Waals surface area contributed by atoms with Gasteiger partial charge >= 0.3 is 0 Å². The summed E-state index contributed by atoms with van der Waals surface area (Å²) in [6.07, 6.45) is 1.96. The SMILES string of the molecule is CCCCc1c(NS(=O)(=O)c2ccc(C)cc2)nc(CC#N)c(C#N)c1N. The van der Waals surface area contributed by atoms with Crippen molar-refractivity contribution in [3.05, 3.63) is 46.6 Å². The second kappa shape index (κ2) is 8.52. The van der Waals surface area contributed by atoms with Crippen LogP contribution in [0.1, 0.15) is 42.1 Å². The molecule has 0 aliphatic heterocycles. The van der Waals surface area contributed by atoms with E-state index in [0.717, 1.165) is 18.4 Å². The molecule has 0 atom stereocenters. The van der Waals surface area contributed by atoms with Gasteiger partial charge in [0.25, 0.3) is 10.0 Å². The molecular weight excluding hydrogens is 362 g/mol. The number of nitrogens with zero attached hydrogens (tertiary/aromatic N) is 3. The Labute approximate surface area is 159 Å². The van der Waals surface area contributed by atoms with Crippen LogP contribution in [0.5, 0.6) is 0 Å². The summed E-state index contributed by atoms with van der Waals surface area (Å²) >= 11 is 0. The van der Waals surface area contributed by atoms with Crippen molar-refractivity contribution in [1.82, 2.24) is 4.98 Å². The lowest BCUT2D eigenvalue weighted by atomic mass is 10.0. The summed E-state index contributed by atoms with van der Waals surface area (Å²) in [4.78, 5) is 4.36. The third-order valence-electron chi connectivity index (χ3n) is 4.12. The standard InChI is InChI=1S/C19H21N5O2S/c1-3-4-5-15-18(22)16(12-21)17(10-11-20)23-19(15)24-27(25,26)14-8-6-13(2)7-9-14/h6-9H,3-5,10H2,1-2H3,(H3,22,23,24). The molecule has 3 N–H and O–H groups in total. The highest BCUT2D eigenvalue weighted by molar-refractivity contribution is 7.92. The molecule has 0 saturated carbocycles. The van der Waals surface area contributed by atoms with Crippen molar-refractivity contribution in [3.8, 4) is 12.1 Å². The van der Waals surface area contributed by atoms with E-state index in [0.29, 0.717) is 12.0 Å². The first-order valence-electron chi connectivity index (χ1n) is 8.51. The molecule has 0 aliphatic carbocycles. The van der Waals surface area contributed by atoms with Gasteiger partial charge in [-0.2, -0.15) is 10.5 Å². The molecule has 2 rings (SSSR count). The number of pyridine rings is 1. The van der Waals surface area contributed by atoms with Crippen LogP contribution in [0.15, 0.2) is 29.2 Å². The molecule has 0 bridgehead atoms. The highest BCUT2D eigenvalue weighted by Gasteiger charge is 2.22. The van der Waals surface area contributed by atoms with Gasteiger partial charge in [-0.1, -0.05) is 31.0 Å². The van der Waals surface area contributed by atoms with Crippen molar-refractivity contribution >= 4 is 21.5 Å². The second-order valence-electron chi connectivity index (χ2n) is 6.14. The van der Waals surface area contributed by atoms with E-state index in [-0.39, 0.29) is 34.1 Å². The summed E-state index contributed by atoms with van der Waals surface area (Å²) in [6, 6.07) is 10.3. The zero-order valence-corrected chi connectivity index (χ0v) is 16.1. The molecule has 0 saturated heterocycles. The molecule has 0 radical (unpaired) electrons. The van der Waals surface area contributed by atoms with Crippen LogP contribution < -0.4 is 10.5 Å². The predicted molar refractivity (Wildman–Crippen MR) is 103 cm³/mol. The molecule has 7 nitrogen and oxygen atoms in total. The molecule has 1 aromatic carbocycles. The highest BCUT2D eigenvalue weighted by atomic mass is 32.2. The number of nitrogens with one attached hydrogen (secondary N) is 1. The number of hydrogen-bond donors (Lipinski definition) is 2. The van der Waals surface area contributed by atoms with E-state index >= 15 is 0 Å². The molecule has 140 valence electrons. The van der Waals surface area contributed by atoms with E-state index in [1.807, 2.05) is 26.0 Å². The lowest BCUT2D eigenvalue weighted by Gasteiger charge is -2.16. The zero-order chi connectivity index (χ0) is 20.0. The Balaban J connectivity index is 2.58. The molecule has 0 fully saturated rings. The van der Waals surface area contributed by atoms with Crippen LogP contribution in [0.2, 0.25) is 0 Å². The Morgan fingerprint density at radius 3 is 2.44 bits per heavy atom. The fourth-order valence-electron chi connectivity index (χ4n) is 2.61. The maximum Gasteiger partial charge on any atom is 0.263 e. The number of unbranched alkanes of at least 4 members (excludes halogenated alkanes) is 1. The second-order valence-corrected chi connectivity index (χ2v) is 7.83. The summed E-state index contributed by atoms with van der Waals surface area (Å²) in [5.41, 5.74) is 8.02. The number of aryl methyl sites for hydroxylation is 1. The molecule has 0 aliphatic rings. The Kier molecular flexibility index (Phi) is 6.38. The van der Waals surface area contributed by atoms with Crippen LogP contribution in [0, 0.1) is 29.6 Å². The van der Waals surface area contributed by atoms with E-state index in [1.165, 1.54) is 12.1 Å². The number of benzene rings is 1. The third kappa shape index (κ3) is 4.55. The molecule has 27 heavy (non-hydrogen) atoms. The number of nitrogen functional groups attached to an aromatic ring is 1. The highest BCUT2D eigenvalue weighted by Crippen LogP contribution is 2.30. The van der Waals surface area contributed by atoms with Crippen molar-refractivity contribution < 1.29 is 8.42 Å². The molecule has 8 heteroatoms. The predicted octanol–water partition coefficient (Wildman–Crippen LogP) is 3.05. The summed E-state index contributed by atoms with van der Waals surface area (Å²) in [5, 5.41) is 18.4. The van der Waals surface area contributed by atoms with Gasteiger partial charge in [-0.3, -0.25) is 4.72 Å². The Morgan fingerprint density at radius 1 is 1.22 bits per heavy atom. The minimum atomic E-state index is -3.88. The summed E-state index contributed by atoms with van der Waals surface area (Å²) in [7, 11) is -3.88. The van der Waals surface area contributed by atoms with Crippen LogP contribution in [0.25, 0.3) is 0 Å². The number of anilines is 2. The van der Waals surface area contributed by atoms with Gasteiger partial charge in [0, 0.05) is 5.56 Å². The number of hydrogen-bond acceptors (Lipinski definition) is 6. The smallest absolute Gasteiger partial charge is 0.263 e. The minimum Gasteiger partial charge on any atom is -0.397 e. The van der Waals surface area contributed by atoms with Crippen molar-refractivity contribution in [2.24, 2.45) is 0 Å². The molecule has 1 aromatic heterocycles. The Hall–Kier alpha value is -3.10. The molecule has 0 amide bonds. The van der Waals surface area contributed by atoms with Crippen molar-refractivity contribution in [3.63, 3.8) is 0 Å². The van der Waals surface area contributed by atoms with Gasteiger partial charge in [0.05, 0.1) is 34.3 Å². The van der Waals surface area contributed by atoms with Crippen LogP contribution in [0.3, 0.4) is 0 Å². The van der Waals surface area contributed by atoms with Gasteiger partial charge in [0.15, 0.2) is 0 Å². The van der Waals surface area contributed by atoms with Crippen LogP contribution in [-0.4, -0.2) is 13.4 Å².